The van der Waals surface area contributed by atoms with Crippen molar-refractivity contribution < 1.29 is 4.79 Å². The van der Waals surface area contributed by atoms with Gasteiger partial charge >= 0.3 is 0 Å². The summed E-state index contributed by atoms with van der Waals surface area (Å²) in [5.74, 6) is 0.446. The van der Waals surface area contributed by atoms with Gasteiger partial charge in [0.2, 0.25) is 0 Å². The zero-order valence-corrected chi connectivity index (χ0v) is 11.7. The highest BCUT2D eigenvalue weighted by atomic mass is 16.1. The molecule has 98 valence electrons. The first-order valence-electron chi connectivity index (χ1n) is 6.99. The summed E-state index contributed by atoms with van der Waals surface area (Å²) in [6.45, 7) is 12.2. The lowest BCUT2D eigenvalue weighted by atomic mass is 9.86. The second kappa shape index (κ2) is 6.34. The van der Waals surface area contributed by atoms with Crippen molar-refractivity contribution in [3.8, 4) is 0 Å². The van der Waals surface area contributed by atoms with E-state index in [0.717, 1.165) is 37.9 Å². The summed E-state index contributed by atoms with van der Waals surface area (Å²) >= 11 is 0. The molecule has 1 rings (SSSR count). The van der Waals surface area contributed by atoms with Gasteiger partial charge in [0, 0.05) is 6.42 Å². The van der Waals surface area contributed by atoms with Crippen molar-refractivity contribution in [2.45, 2.75) is 64.8 Å². The van der Waals surface area contributed by atoms with Gasteiger partial charge in [0.25, 0.3) is 0 Å². The Hall–Kier alpha value is -0.630. The van der Waals surface area contributed by atoms with E-state index in [4.69, 9.17) is 0 Å². The number of Topliss-reactive ketones (excluding diaryl/α,β-unsaturated/α-hetero) is 1. The molecule has 0 radical (unpaired) electrons. The van der Waals surface area contributed by atoms with E-state index in [1.165, 1.54) is 12.8 Å². The smallest absolute Gasteiger partial charge is 0.153 e. The van der Waals surface area contributed by atoms with Gasteiger partial charge in [0.1, 0.15) is 0 Å². The molecule has 0 atom stereocenters. The third-order valence-corrected chi connectivity index (χ3v) is 4.10. The maximum Gasteiger partial charge on any atom is 0.153 e. The molecule has 0 amide bonds. The summed E-state index contributed by atoms with van der Waals surface area (Å²) in [4.78, 5) is 14.9. The predicted molar refractivity (Wildman–Crippen MR) is 73.2 cm³/mol. The van der Waals surface area contributed by atoms with Crippen LogP contribution in [0, 0.1) is 0 Å². The molecule has 1 aliphatic rings. The van der Waals surface area contributed by atoms with Crippen LogP contribution in [-0.4, -0.2) is 29.3 Å². The SMILES string of the molecule is C=C(C)CCC(=O)C1(N(CC)CC)CCCC1. The summed E-state index contributed by atoms with van der Waals surface area (Å²) in [5, 5.41) is 0. The van der Waals surface area contributed by atoms with Crippen LogP contribution in [0.5, 0.6) is 0 Å². The lowest BCUT2D eigenvalue weighted by Gasteiger charge is -2.39. The van der Waals surface area contributed by atoms with Crippen LogP contribution in [0.4, 0.5) is 0 Å². The second-order valence-electron chi connectivity index (χ2n) is 5.29. The van der Waals surface area contributed by atoms with E-state index in [1.807, 2.05) is 6.92 Å². The molecule has 0 aromatic carbocycles. The normalized spacial score (nSPS) is 18.6. The molecular weight excluding hydrogens is 210 g/mol. The number of hydrogen-bond donors (Lipinski definition) is 0. The van der Waals surface area contributed by atoms with Gasteiger partial charge in [-0.05, 0) is 39.3 Å². The first-order valence-corrected chi connectivity index (χ1v) is 6.99. The summed E-state index contributed by atoms with van der Waals surface area (Å²) in [5.41, 5.74) is 0.977. The topological polar surface area (TPSA) is 20.3 Å². The molecule has 1 fully saturated rings. The number of carbonyl (C=O) groups excluding carboxylic acids is 1. The third kappa shape index (κ3) is 3.19. The van der Waals surface area contributed by atoms with Gasteiger partial charge in [-0.2, -0.15) is 0 Å². The zero-order valence-electron chi connectivity index (χ0n) is 11.7. The minimum atomic E-state index is -0.140. The second-order valence-corrected chi connectivity index (χ2v) is 5.29. The van der Waals surface area contributed by atoms with Gasteiger partial charge in [-0.15, -0.1) is 6.58 Å². The van der Waals surface area contributed by atoms with Crippen molar-refractivity contribution >= 4 is 5.78 Å². The molecule has 0 spiro atoms. The van der Waals surface area contributed by atoms with Crippen molar-refractivity contribution in [3.05, 3.63) is 12.2 Å². The lowest BCUT2D eigenvalue weighted by Crippen LogP contribution is -2.52. The van der Waals surface area contributed by atoms with Crippen LogP contribution < -0.4 is 0 Å². The highest BCUT2D eigenvalue weighted by Gasteiger charge is 2.43. The van der Waals surface area contributed by atoms with Gasteiger partial charge in [-0.25, -0.2) is 0 Å². The van der Waals surface area contributed by atoms with Gasteiger partial charge in [-0.3, -0.25) is 9.69 Å². The fraction of sp³-hybridized carbons (Fsp3) is 0.800. The van der Waals surface area contributed by atoms with E-state index in [-0.39, 0.29) is 5.54 Å². The Bertz CT molecular complexity index is 273. The summed E-state index contributed by atoms with van der Waals surface area (Å²) in [6, 6.07) is 0. The maximum absolute atomic E-state index is 12.5. The fourth-order valence-corrected chi connectivity index (χ4v) is 3.12. The van der Waals surface area contributed by atoms with Crippen LogP contribution in [0.3, 0.4) is 0 Å². The van der Waals surface area contributed by atoms with Crippen molar-refractivity contribution in [2.75, 3.05) is 13.1 Å². The summed E-state index contributed by atoms with van der Waals surface area (Å²) in [6.07, 6.45) is 6.05. The summed E-state index contributed by atoms with van der Waals surface area (Å²) < 4.78 is 0. The molecule has 2 nitrogen and oxygen atoms in total. The number of carbonyl (C=O) groups is 1. The van der Waals surface area contributed by atoms with Gasteiger partial charge in [-0.1, -0.05) is 32.3 Å². The quantitative estimate of drug-likeness (QED) is 0.631. The molecule has 0 saturated heterocycles. The third-order valence-electron chi connectivity index (χ3n) is 4.10. The van der Waals surface area contributed by atoms with E-state index in [0.29, 0.717) is 12.2 Å². The molecule has 0 aromatic rings. The highest BCUT2D eigenvalue weighted by Crippen LogP contribution is 2.37. The first kappa shape index (κ1) is 14.4. The first-order chi connectivity index (χ1) is 8.06. The maximum atomic E-state index is 12.5. The molecule has 2 heteroatoms. The number of rotatable bonds is 7. The Morgan fingerprint density at radius 2 is 1.71 bits per heavy atom. The van der Waals surface area contributed by atoms with Crippen LogP contribution >= 0.6 is 0 Å². The Labute approximate surface area is 106 Å². The number of ketones is 1. The summed E-state index contributed by atoms with van der Waals surface area (Å²) in [7, 11) is 0. The molecule has 0 aliphatic heterocycles. The Kier molecular flexibility index (Phi) is 5.38. The van der Waals surface area contributed by atoms with Gasteiger partial charge in [0.05, 0.1) is 5.54 Å². The number of nitrogens with zero attached hydrogens (tertiary/aromatic N) is 1. The fourth-order valence-electron chi connectivity index (χ4n) is 3.12. The van der Waals surface area contributed by atoms with E-state index in [1.54, 1.807) is 0 Å². The van der Waals surface area contributed by atoms with E-state index in [9.17, 15) is 4.79 Å². The Balaban J connectivity index is 2.76. The molecule has 17 heavy (non-hydrogen) atoms. The number of allylic oxidation sites excluding steroid dienone is 1. The molecule has 1 saturated carbocycles. The van der Waals surface area contributed by atoms with Gasteiger partial charge < -0.3 is 0 Å². The van der Waals surface area contributed by atoms with E-state index in [2.05, 4.69) is 25.3 Å². The molecule has 0 heterocycles. The molecule has 0 aromatic heterocycles. The van der Waals surface area contributed by atoms with Crippen molar-refractivity contribution in [1.29, 1.82) is 0 Å². The van der Waals surface area contributed by atoms with Crippen molar-refractivity contribution in [3.63, 3.8) is 0 Å². The Morgan fingerprint density at radius 1 is 1.18 bits per heavy atom. The number of likely N-dealkylation sites (N-methyl/N-ethyl adjacent to an activating group) is 1. The van der Waals surface area contributed by atoms with Crippen molar-refractivity contribution in [2.24, 2.45) is 0 Å². The monoisotopic (exact) mass is 237 g/mol. The molecule has 0 N–H and O–H groups in total. The predicted octanol–water partition coefficient (Wildman–Crippen LogP) is 3.57. The lowest BCUT2D eigenvalue weighted by molar-refractivity contribution is -0.131. The molecule has 0 bridgehead atoms. The molecule has 1 aliphatic carbocycles. The molecule has 0 unspecified atom stereocenters. The average Bonchev–Trinajstić information content (AvgIpc) is 2.78. The van der Waals surface area contributed by atoms with Crippen LogP contribution in [0.15, 0.2) is 12.2 Å². The number of hydrogen-bond acceptors (Lipinski definition) is 2. The zero-order chi connectivity index (χ0) is 12.9. The van der Waals surface area contributed by atoms with E-state index < -0.39 is 0 Å². The minimum Gasteiger partial charge on any atom is -0.298 e. The largest absolute Gasteiger partial charge is 0.298 e. The Morgan fingerprint density at radius 3 is 2.12 bits per heavy atom. The van der Waals surface area contributed by atoms with Crippen LogP contribution in [0.2, 0.25) is 0 Å². The molecular formula is C15H27NO. The van der Waals surface area contributed by atoms with Crippen LogP contribution in [0.25, 0.3) is 0 Å². The van der Waals surface area contributed by atoms with Crippen molar-refractivity contribution in [1.82, 2.24) is 4.90 Å². The van der Waals surface area contributed by atoms with Gasteiger partial charge in [0.15, 0.2) is 5.78 Å². The van der Waals surface area contributed by atoms with E-state index >= 15 is 0 Å². The van der Waals surface area contributed by atoms with Crippen LogP contribution in [-0.2, 0) is 4.79 Å². The van der Waals surface area contributed by atoms with Crippen LogP contribution in [0.1, 0.15) is 59.3 Å². The average molecular weight is 237 g/mol. The standard InChI is InChI=1S/C15H27NO/c1-5-16(6-2)15(11-7-8-12-15)14(17)10-9-13(3)4/h3,5-12H2,1-2,4H3. The minimum absolute atomic E-state index is 0.140. The highest BCUT2D eigenvalue weighted by molar-refractivity contribution is 5.88.